The largest absolute Gasteiger partial charge is 0.441 e. The lowest BCUT2D eigenvalue weighted by atomic mass is 10.1. The van der Waals surface area contributed by atoms with E-state index >= 15 is 0 Å². The van der Waals surface area contributed by atoms with Crippen molar-refractivity contribution < 1.29 is 13.2 Å². The molecule has 1 aromatic rings. The van der Waals surface area contributed by atoms with Crippen LogP contribution in [-0.4, -0.2) is 29.1 Å². The van der Waals surface area contributed by atoms with Gasteiger partial charge < -0.3 is 11.1 Å². The topological polar surface area (TPSA) is 38.0 Å². The SMILES string of the molecule is CSc1cccc(NCCSC(F)(F)F)c1C(N)=S. The first-order chi connectivity index (χ1) is 8.85. The number of hydrogen-bond acceptors (Lipinski definition) is 4. The predicted octanol–water partition coefficient (Wildman–Crippen LogP) is 3.71. The minimum absolute atomic E-state index is 0.0548. The number of hydrogen-bond donors (Lipinski definition) is 2. The van der Waals surface area contributed by atoms with E-state index in [1.807, 2.05) is 18.4 Å². The predicted molar refractivity (Wildman–Crippen MR) is 81.1 cm³/mol. The molecule has 0 aromatic heterocycles. The average molecular weight is 326 g/mol. The second kappa shape index (κ2) is 7.25. The summed E-state index contributed by atoms with van der Waals surface area (Å²) in [6, 6.07) is 5.44. The summed E-state index contributed by atoms with van der Waals surface area (Å²) in [6.45, 7) is 0.192. The van der Waals surface area contributed by atoms with Gasteiger partial charge in [-0.05, 0) is 30.2 Å². The van der Waals surface area contributed by atoms with Crippen LogP contribution >= 0.6 is 35.7 Å². The van der Waals surface area contributed by atoms with Crippen LogP contribution in [0.5, 0.6) is 0 Å². The highest BCUT2D eigenvalue weighted by molar-refractivity contribution is 8.00. The first-order valence-corrected chi connectivity index (χ1v) is 7.88. The Labute approximate surface area is 123 Å². The lowest BCUT2D eigenvalue weighted by Crippen LogP contribution is -2.16. The van der Waals surface area contributed by atoms with Crippen LogP contribution in [0.3, 0.4) is 0 Å². The maximum absolute atomic E-state index is 12.0. The van der Waals surface area contributed by atoms with Gasteiger partial charge in [-0.2, -0.15) is 13.2 Å². The molecule has 0 saturated carbocycles. The molecule has 0 saturated heterocycles. The molecule has 8 heteroatoms. The Balaban J connectivity index is 2.70. The van der Waals surface area contributed by atoms with Gasteiger partial charge in [0.1, 0.15) is 4.99 Å². The zero-order valence-electron chi connectivity index (χ0n) is 10.1. The van der Waals surface area contributed by atoms with Crippen molar-refractivity contribution in [2.75, 3.05) is 23.9 Å². The molecule has 0 aliphatic carbocycles. The van der Waals surface area contributed by atoms with E-state index < -0.39 is 5.51 Å². The molecule has 0 radical (unpaired) electrons. The van der Waals surface area contributed by atoms with Gasteiger partial charge in [-0.3, -0.25) is 0 Å². The van der Waals surface area contributed by atoms with Crippen molar-refractivity contribution in [3.8, 4) is 0 Å². The Morgan fingerprint density at radius 3 is 2.63 bits per heavy atom. The number of nitrogens with two attached hydrogens (primary N) is 1. The van der Waals surface area contributed by atoms with Gasteiger partial charge in [-0.25, -0.2) is 0 Å². The van der Waals surface area contributed by atoms with Crippen LogP contribution < -0.4 is 11.1 Å². The van der Waals surface area contributed by atoms with Crippen molar-refractivity contribution in [2.45, 2.75) is 10.4 Å². The molecule has 2 nitrogen and oxygen atoms in total. The molecule has 106 valence electrons. The molecule has 0 atom stereocenters. The standard InChI is InChI=1S/C11H13F3N2S3/c1-18-8-4-2-3-7(9(8)10(15)17)16-5-6-19-11(12,13)14/h2-4,16H,5-6H2,1H3,(H2,15,17). The third-order valence-electron chi connectivity index (χ3n) is 2.18. The van der Waals surface area contributed by atoms with E-state index in [4.69, 9.17) is 18.0 Å². The van der Waals surface area contributed by atoms with Crippen LogP contribution in [0.2, 0.25) is 0 Å². The molecule has 3 N–H and O–H groups in total. The van der Waals surface area contributed by atoms with E-state index in [1.54, 1.807) is 6.07 Å². The number of thioether (sulfide) groups is 2. The van der Waals surface area contributed by atoms with Crippen molar-refractivity contribution in [1.29, 1.82) is 0 Å². The van der Waals surface area contributed by atoms with Crippen molar-refractivity contribution in [1.82, 2.24) is 0 Å². The zero-order valence-corrected chi connectivity index (χ0v) is 12.5. The first kappa shape index (κ1) is 16.5. The summed E-state index contributed by atoms with van der Waals surface area (Å²) >= 11 is 6.41. The van der Waals surface area contributed by atoms with Gasteiger partial charge >= 0.3 is 5.51 Å². The van der Waals surface area contributed by atoms with Crippen LogP contribution in [0.4, 0.5) is 18.9 Å². The molecule has 1 aromatic carbocycles. The summed E-state index contributed by atoms with van der Waals surface area (Å²) in [5, 5.41) is 2.94. The van der Waals surface area contributed by atoms with Crippen molar-refractivity contribution in [3.05, 3.63) is 23.8 Å². The van der Waals surface area contributed by atoms with Gasteiger partial charge in [0.15, 0.2) is 0 Å². The van der Waals surface area contributed by atoms with Crippen LogP contribution in [0.1, 0.15) is 5.56 Å². The maximum atomic E-state index is 12.0. The van der Waals surface area contributed by atoms with Gasteiger partial charge in [0, 0.05) is 28.4 Å². The first-order valence-electron chi connectivity index (χ1n) is 5.26. The van der Waals surface area contributed by atoms with Gasteiger partial charge in [0.2, 0.25) is 0 Å². The fourth-order valence-electron chi connectivity index (χ4n) is 1.46. The number of anilines is 1. The molecule has 0 bridgehead atoms. The maximum Gasteiger partial charge on any atom is 0.441 e. The molecule has 0 aliphatic rings. The molecule has 1 rings (SSSR count). The Hall–Kier alpha value is -0.600. The quantitative estimate of drug-likeness (QED) is 0.474. The molecule has 0 fully saturated rings. The van der Waals surface area contributed by atoms with E-state index in [0.29, 0.717) is 11.3 Å². The third kappa shape index (κ3) is 5.50. The Kier molecular flexibility index (Phi) is 6.28. The molecule has 0 amide bonds. The highest BCUT2D eigenvalue weighted by Crippen LogP contribution is 2.30. The molecule has 0 unspecified atom stereocenters. The molecular weight excluding hydrogens is 313 g/mol. The Bertz CT molecular complexity index is 449. The monoisotopic (exact) mass is 326 g/mol. The lowest BCUT2D eigenvalue weighted by molar-refractivity contribution is -0.0327. The normalized spacial score (nSPS) is 11.4. The second-order valence-electron chi connectivity index (χ2n) is 3.47. The smallest absolute Gasteiger partial charge is 0.389 e. The highest BCUT2D eigenvalue weighted by atomic mass is 32.2. The minimum atomic E-state index is -4.20. The van der Waals surface area contributed by atoms with E-state index in [0.717, 1.165) is 4.90 Å². The number of alkyl halides is 3. The average Bonchev–Trinajstić information content (AvgIpc) is 2.32. The van der Waals surface area contributed by atoms with Crippen LogP contribution in [0, 0.1) is 0 Å². The van der Waals surface area contributed by atoms with Gasteiger partial charge in [-0.1, -0.05) is 18.3 Å². The van der Waals surface area contributed by atoms with Crippen LogP contribution in [0.25, 0.3) is 0 Å². The molecule has 0 heterocycles. The van der Waals surface area contributed by atoms with E-state index in [9.17, 15) is 13.2 Å². The van der Waals surface area contributed by atoms with E-state index in [-0.39, 0.29) is 29.0 Å². The van der Waals surface area contributed by atoms with Crippen LogP contribution in [-0.2, 0) is 0 Å². The summed E-state index contributed by atoms with van der Waals surface area (Å²) in [4.78, 5) is 1.14. The van der Waals surface area contributed by atoms with Crippen molar-refractivity contribution >= 4 is 46.4 Å². The number of halogens is 3. The second-order valence-corrected chi connectivity index (χ2v) is 5.92. The van der Waals surface area contributed by atoms with Crippen molar-refractivity contribution in [3.63, 3.8) is 0 Å². The molecule has 0 aliphatic heterocycles. The zero-order chi connectivity index (χ0) is 14.5. The Morgan fingerprint density at radius 1 is 1.42 bits per heavy atom. The molecule has 0 spiro atoms. The summed E-state index contributed by atoms with van der Waals surface area (Å²) in [5.41, 5.74) is 2.81. The minimum Gasteiger partial charge on any atom is -0.389 e. The highest BCUT2D eigenvalue weighted by Gasteiger charge is 2.27. The lowest BCUT2D eigenvalue weighted by Gasteiger charge is -2.14. The van der Waals surface area contributed by atoms with Gasteiger partial charge in [0.25, 0.3) is 0 Å². The summed E-state index contributed by atoms with van der Waals surface area (Å²) in [6.07, 6.45) is 1.89. The number of rotatable bonds is 6. The Morgan fingerprint density at radius 2 is 2.11 bits per heavy atom. The number of thiocarbonyl (C=S) groups is 1. The molecular formula is C11H13F3N2S3. The summed E-state index contributed by atoms with van der Waals surface area (Å²) in [5.74, 6) is -0.0657. The number of benzene rings is 1. The number of nitrogens with one attached hydrogen (secondary N) is 1. The fraction of sp³-hybridized carbons (Fsp3) is 0.364. The van der Waals surface area contributed by atoms with Gasteiger partial charge in [-0.15, -0.1) is 11.8 Å². The van der Waals surface area contributed by atoms with E-state index in [1.165, 1.54) is 11.8 Å². The van der Waals surface area contributed by atoms with Crippen LogP contribution in [0.15, 0.2) is 23.1 Å². The van der Waals surface area contributed by atoms with Gasteiger partial charge in [0.05, 0.1) is 0 Å². The third-order valence-corrected chi connectivity index (χ3v) is 3.90. The fourth-order valence-corrected chi connectivity index (χ4v) is 2.81. The molecule has 19 heavy (non-hydrogen) atoms. The summed E-state index contributed by atoms with van der Waals surface area (Å²) < 4.78 is 36.0. The van der Waals surface area contributed by atoms with E-state index in [2.05, 4.69) is 5.32 Å². The summed E-state index contributed by atoms with van der Waals surface area (Å²) in [7, 11) is 0. The van der Waals surface area contributed by atoms with Crippen molar-refractivity contribution in [2.24, 2.45) is 5.73 Å².